The van der Waals surface area contributed by atoms with E-state index in [-0.39, 0.29) is 5.91 Å². The van der Waals surface area contributed by atoms with Gasteiger partial charge >= 0.3 is 0 Å². The second-order valence-electron chi connectivity index (χ2n) is 6.32. The minimum absolute atomic E-state index is 0.160. The van der Waals surface area contributed by atoms with E-state index in [1.165, 1.54) is 0 Å². The van der Waals surface area contributed by atoms with E-state index in [9.17, 15) is 4.79 Å². The molecule has 140 valence electrons. The largest absolute Gasteiger partial charge is 0.493 e. The highest BCUT2D eigenvalue weighted by atomic mass is 32.1. The number of hydrogen-bond donors (Lipinski definition) is 0. The van der Waals surface area contributed by atoms with Crippen LogP contribution in [-0.4, -0.2) is 61.1 Å². The lowest BCUT2D eigenvalue weighted by molar-refractivity contribution is -0.128. The number of para-hydroxylation sites is 1. The minimum Gasteiger partial charge on any atom is -0.493 e. The van der Waals surface area contributed by atoms with Gasteiger partial charge in [0, 0.05) is 45.0 Å². The highest BCUT2D eigenvalue weighted by Gasteiger charge is 2.19. The molecule has 26 heavy (non-hydrogen) atoms. The van der Waals surface area contributed by atoms with Gasteiger partial charge < -0.3 is 14.4 Å². The first-order valence-electron chi connectivity index (χ1n) is 8.76. The van der Waals surface area contributed by atoms with E-state index in [1.807, 2.05) is 23.1 Å². The van der Waals surface area contributed by atoms with Crippen molar-refractivity contribution in [3.63, 3.8) is 0 Å². The number of thiazole rings is 1. The SMILES string of the molecule is COc1cccc(-c2nc(CN3CCCN(C(C)=O)CC3)cs2)c1OC. The van der Waals surface area contributed by atoms with Gasteiger partial charge in [-0.25, -0.2) is 4.98 Å². The quantitative estimate of drug-likeness (QED) is 0.804. The smallest absolute Gasteiger partial charge is 0.219 e. The fourth-order valence-electron chi connectivity index (χ4n) is 3.23. The molecule has 1 aliphatic heterocycles. The molecule has 0 atom stereocenters. The Morgan fingerprint density at radius 3 is 2.77 bits per heavy atom. The Morgan fingerprint density at radius 1 is 1.19 bits per heavy atom. The molecule has 7 heteroatoms. The summed E-state index contributed by atoms with van der Waals surface area (Å²) in [6.07, 6.45) is 1.00. The van der Waals surface area contributed by atoms with Gasteiger partial charge in [0.05, 0.1) is 25.5 Å². The number of methoxy groups -OCH3 is 2. The van der Waals surface area contributed by atoms with Crippen molar-refractivity contribution in [3.8, 4) is 22.1 Å². The lowest BCUT2D eigenvalue weighted by Gasteiger charge is -2.20. The van der Waals surface area contributed by atoms with E-state index in [4.69, 9.17) is 14.5 Å². The number of amides is 1. The van der Waals surface area contributed by atoms with E-state index < -0.39 is 0 Å². The number of hydrogen-bond acceptors (Lipinski definition) is 6. The Kier molecular flexibility index (Phi) is 6.11. The van der Waals surface area contributed by atoms with Crippen LogP contribution in [0.4, 0.5) is 0 Å². The predicted octanol–water partition coefficient (Wildman–Crippen LogP) is 2.88. The number of benzene rings is 1. The molecule has 0 radical (unpaired) electrons. The van der Waals surface area contributed by atoms with Gasteiger partial charge in [0.2, 0.25) is 5.91 Å². The summed E-state index contributed by atoms with van der Waals surface area (Å²) in [6, 6.07) is 5.83. The first-order chi connectivity index (χ1) is 12.6. The molecular weight excluding hydrogens is 350 g/mol. The summed E-state index contributed by atoms with van der Waals surface area (Å²) in [5, 5.41) is 3.03. The second-order valence-corrected chi connectivity index (χ2v) is 7.18. The highest BCUT2D eigenvalue weighted by molar-refractivity contribution is 7.13. The molecule has 0 unspecified atom stereocenters. The molecule has 0 aliphatic carbocycles. The van der Waals surface area contributed by atoms with Crippen LogP contribution in [0.1, 0.15) is 19.0 Å². The van der Waals surface area contributed by atoms with Gasteiger partial charge in [0.1, 0.15) is 5.01 Å². The van der Waals surface area contributed by atoms with Crippen LogP contribution in [0.2, 0.25) is 0 Å². The monoisotopic (exact) mass is 375 g/mol. The number of carbonyl (C=O) groups excluding carboxylic acids is 1. The van der Waals surface area contributed by atoms with Gasteiger partial charge in [0.25, 0.3) is 0 Å². The summed E-state index contributed by atoms with van der Waals surface area (Å²) in [5.41, 5.74) is 1.99. The summed E-state index contributed by atoms with van der Waals surface area (Å²) >= 11 is 1.61. The van der Waals surface area contributed by atoms with E-state index in [1.54, 1.807) is 32.5 Å². The summed E-state index contributed by atoms with van der Waals surface area (Å²) in [5.74, 6) is 1.58. The fraction of sp³-hybridized carbons (Fsp3) is 0.474. The molecule has 0 bridgehead atoms. The van der Waals surface area contributed by atoms with Crippen LogP contribution in [0, 0.1) is 0 Å². The molecule has 1 aromatic carbocycles. The summed E-state index contributed by atoms with van der Waals surface area (Å²) in [7, 11) is 3.28. The van der Waals surface area contributed by atoms with Crippen LogP contribution < -0.4 is 9.47 Å². The molecule has 6 nitrogen and oxygen atoms in total. The lowest BCUT2D eigenvalue weighted by Crippen LogP contribution is -2.33. The Hall–Kier alpha value is -2.12. The van der Waals surface area contributed by atoms with Crippen molar-refractivity contribution in [2.45, 2.75) is 19.9 Å². The molecule has 1 aromatic heterocycles. The second kappa shape index (κ2) is 8.51. The normalized spacial score (nSPS) is 15.6. The molecule has 1 fully saturated rings. The van der Waals surface area contributed by atoms with Gasteiger partial charge in [-0.3, -0.25) is 9.69 Å². The first-order valence-corrected chi connectivity index (χ1v) is 9.64. The van der Waals surface area contributed by atoms with Crippen LogP contribution in [0.3, 0.4) is 0 Å². The topological polar surface area (TPSA) is 54.9 Å². The van der Waals surface area contributed by atoms with Crippen LogP contribution in [0.25, 0.3) is 10.6 Å². The summed E-state index contributed by atoms with van der Waals surface area (Å²) < 4.78 is 10.9. The maximum absolute atomic E-state index is 11.6. The van der Waals surface area contributed by atoms with Crippen molar-refractivity contribution in [2.24, 2.45) is 0 Å². The molecule has 1 amide bonds. The van der Waals surface area contributed by atoms with Crippen molar-refractivity contribution in [3.05, 3.63) is 29.3 Å². The first kappa shape index (κ1) is 18.7. The maximum Gasteiger partial charge on any atom is 0.219 e. The fourth-order valence-corrected chi connectivity index (χ4v) is 4.06. The van der Waals surface area contributed by atoms with Gasteiger partial charge in [-0.1, -0.05) is 6.07 Å². The van der Waals surface area contributed by atoms with Gasteiger partial charge in [-0.05, 0) is 18.6 Å². The summed E-state index contributed by atoms with van der Waals surface area (Å²) in [4.78, 5) is 20.7. The molecule has 1 saturated heterocycles. The van der Waals surface area contributed by atoms with Crippen molar-refractivity contribution in [2.75, 3.05) is 40.4 Å². The highest BCUT2D eigenvalue weighted by Crippen LogP contribution is 2.39. The predicted molar refractivity (Wildman–Crippen MR) is 103 cm³/mol. The van der Waals surface area contributed by atoms with Crippen molar-refractivity contribution in [1.29, 1.82) is 0 Å². The number of rotatable bonds is 5. The Morgan fingerprint density at radius 2 is 2.04 bits per heavy atom. The van der Waals surface area contributed by atoms with Gasteiger partial charge in [-0.2, -0.15) is 0 Å². The molecule has 2 aromatic rings. The van der Waals surface area contributed by atoms with Crippen molar-refractivity contribution in [1.82, 2.24) is 14.8 Å². The van der Waals surface area contributed by atoms with Crippen LogP contribution in [0.5, 0.6) is 11.5 Å². The zero-order valence-corrected chi connectivity index (χ0v) is 16.3. The molecule has 0 saturated carbocycles. The number of ether oxygens (including phenoxy) is 2. The van der Waals surface area contributed by atoms with E-state index >= 15 is 0 Å². The minimum atomic E-state index is 0.160. The van der Waals surface area contributed by atoms with Crippen LogP contribution in [-0.2, 0) is 11.3 Å². The molecule has 1 aliphatic rings. The number of nitrogens with zero attached hydrogens (tertiary/aromatic N) is 3. The molecule has 3 rings (SSSR count). The third kappa shape index (κ3) is 4.16. The standard InChI is InChI=1S/C19H25N3O3S/c1-14(23)22-9-5-8-21(10-11-22)12-15-13-26-19(20-15)16-6-4-7-17(24-2)18(16)25-3/h4,6-7,13H,5,8-12H2,1-3H3. The Balaban J connectivity index is 1.72. The van der Waals surface area contributed by atoms with Gasteiger partial charge in [-0.15, -0.1) is 11.3 Å². The van der Waals surface area contributed by atoms with Crippen molar-refractivity contribution >= 4 is 17.2 Å². The lowest BCUT2D eigenvalue weighted by atomic mass is 10.2. The third-order valence-electron chi connectivity index (χ3n) is 4.60. The summed E-state index contributed by atoms with van der Waals surface area (Å²) in [6.45, 7) is 5.94. The Labute approximate surface area is 158 Å². The molecular formula is C19H25N3O3S. The van der Waals surface area contributed by atoms with E-state index in [0.29, 0.717) is 11.5 Å². The van der Waals surface area contributed by atoms with Crippen molar-refractivity contribution < 1.29 is 14.3 Å². The van der Waals surface area contributed by atoms with Crippen LogP contribution in [0.15, 0.2) is 23.6 Å². The van der Waals surface area contributed by atoms with Gasteiger partial charge in [0.15, 0.2) is 11.5 Å². The number of carbonyl (C=O) groups is 1. The maximum atomic E-state index is 11.6. The molecule has 2 heterocycles. The molecule has 0 N–H and O–H groups in total. The molecule has 0 spiro atoms. The average molecular weight is 375 g/mol. The average Bonchev–Trinajstić information content (AvgIpc) is 2.98. The van der Waals surface area contributed by atoms with E-state index in [0.717, 1.165) is 55.4 Å². The number of aromatic nitrogens is 1. The Bertz CT molecular complexity index is 762. The zero-order valence-electron chi connectivity index (χ0n) is 15.5. The third-order valence-corrected chi connectivity index (χ3v) is 5.53. The zero-order chi connectivity index (χ0) is 18.5. The van der Waals surface area contributed by atoms with Crippen LogP contribution >= 0.6 is 11.3 Å². The van der Waals surface area contributed by atoms with E-state index in [2.05, 4.69) is 10.3 Å².